The third kappa shape index (κ3) is 4.54. The van der Waals surface area contributed by atoms with Gasteiger partial charge < -0.3 is 15.4 Å². The molecule has 0 aliphatic heterocycles. The maximum Gasteiger partial charge on any atom is 0.317 e. The molecule has 152 valence electrons. The highest BCUT2D eigenvalue weighted by molar-refractivity contribution is 6.13. The summed E-state index contributed by atoms with van der Waals surface area (Å²) >= 11 is 0. The molecule has 2 aliphatic rings. The fraction of sp³-hybridized carbons (Fsp3) is 0.429. The van der Waals surface area contributed by atoms with E-state index in [0.717, 1.165) is 6.54 Å². The lowest BCUT2D eigenvalue weighted by Gasteiger charge is -2.42. The zero-order valence-electron chi connectivity index (χ0n) is 16.0. The van der Waals surface area contributed by atoms with Crippen molar-refractivity contribution >= 4 is 17.7 Å². The van der Waals surface area contributed by atoms with E-state index in [1.165, 1.54) is 19.2 Å². The van der Waals surface area contributed by atoms with Crippen LogP contribution in [0.1, 0.15) is 52.2 Å². The smallest absolute Gasteiger partial charge is 0.317 e. The van der Waals surface area contributed by atoms with Crippen molar-refractivity contribution < 1.29 is 19.5 Å². The van der Waals surface area contributed by atoms with Crippen LogP contribution in [-0.2, 0) is 4.79 Å². The van der Waals surface area contributed by atoms with E-state index in [9.17, 15) is 14.4 Å². The molecule has 2 aromatic rings. The van der Waals surface area contributed by atoms with E-state index in [1.54, 1.807) is 24.3 Å². The molecule has 29 heavy (non-hydrogen) atoms. The van der Waals surface area contributed by atoms with Crippen molar-refractivity contribution in [2.75, 3.05) is 13.1 Å². The lowest BCUT2D eigenvalue weighted by Crippen LogP contribution is -2.55. The van der Waals surface area contributed by atoms with Crippen LogP contribution >= 0.6 is 0 Å². The second-order valence-electron chi connectivity index (χ2n) is 7.88. The van der Waals surface area contributed by atoms with Crippen molar-refractivity contribution in [3.8, 4) is 0 Å². The van der Waals surface area contributed by atoms with Crippen LogP contribution in [0.4, 0.5) is 0 Å². The number of hydrogen-bond donors (Lipinski definition) is 3. The minimum absolute atomic E-state index is 0.0361. The number of benzene rings is 1. The van der Waals surface area contributed by atoms with E-state index < -0.39 is 5.97 Å². The number of imidazole rings is 1. The van der Waals surface area contributed by atoms with Gasteiger partial charge >= 0.3 is 5.97 Å². The van der Waals surface area contributed by atoms with Crippen LogP contribution in [0, 0.1) is 5.92 Å². The zero-order valence-corrected chi connectivity index (χ0v) is 16.0. The van der Waals surface area contributed by atoms with Gasteiger partial charge in [-0.1, -0.05) is 30.3 Å². The van der Waals surface area contributed by atoms with Gasteiger partial charge in [-0.15, -0.1) is 0 Å². The Labute approximate surface area is 168 Å². The Bertz CT molecular complexity index is 900. The summed E-state index contributed by atoms with van der Waals surface area (Å²) in [5, 5.41) is 12.1. The Hall–Kier alpha value is -3.00. The predicted octanol–water partition coefficient (Wildman–Crippen LogP) is 1.70. The fourth-order valence-corrected chi connectivity index (χ4v) is 3.78. The molecule has 0 saturated heterocycles. The molecule has 3 N–H and O–H groups in total. The number of rotatable bonds is 9. The van der Waals surface area contributed by atoms with Gasteiger partial charge in [0.15, 0.2) is 0 Å². The molecule has 2 aliphatic carbocycles. The number of carboxylic acids is 1. The van der Waals surface area contributed by atoms with E-state index in [-0.39, 0.29) is 41.7 Å². The highest BCUT2D eigenvalue weighted by atomic mass is 16.4. The molecule has 8 heteroatoms. The van der Waals surface area contributed by atoms with Crippen molar-refractivity contribution in [3.63, 3.8) is 0 Å². The Morgan fingerprint density at radius 1 is 1.17 bits per heavy atom. The van der Waals surface area contributed by atoms with Gasteiger partial charge in [0.1, 0.15) is 11.4 Å². The third-order valence-electron chi connectivity index (χ3n) is 5.61. The van der Waals surface area contributed by atoms with Crippen LogP contribution < -0.4 is 5.32 Å². The molecule has 0 atom stereocenters. The Morgan fingerprint density at radius 2 is 1.90 bits per heavy atom. The largest absolute Gasteiger partial charge is 0.480 e. The first-order chi connectivity index (χ1) is 14.0. The minimum atomic E-state index is -0.820. The van der Waals surface area contributed by atoms with Gasteiger partial charge in [0.2, 0.25) is 5.78 Å². The topological polar surface area (TPSA) is 115 Å². The molecular formula is C21H24N4O4. The first kappa shape index (κ1) is 19.3. The molecule has 1 heterocycles. The zero-order chi connectivity index (χ0) is 20.4. The highest BCUT2D eigenvalue weighted by Gasteiger charge is 2.38. The normalized spacial score (nSPS) is 20.9. The Kier molecular flexibility index (Phi) is 5.44. The minimum Gasteiger partial charge on any atom is -0.480 e. The van der Waals surface area contributed by atoms with Crippen LogP contribution in [0.5, 0.6) is 0 Å². The number of carbonyl (C=O) groups excluding carboxylic acids is 2. The number of aromatic nitrogens is 2. The second-order valence-corrected chi connectivity index (χ2v) is 7.88. The number of carbonyl (C=O) groups is 3. The number of nitrogens with zero attached hydrogens (tertiary/aromatic N) is 2. The molecule has 1 aromatic carbocycles. The van der Waals surface area contributed by atoms with E-state index in [0.29, 0.717) is 24.3 Å². The van der Waals surface area contributed by atoms with E-state index >= 15 is 0 Å². The standard InChI is InChI=1S/C21H24N4O4/c26-17(27)11-25(10-13-6-7-13)16-8-15(9-16)24-21(29)19-18(22-12-23-19)20(28)14-4-2-1-3-5-14/h1-5,12-13,15-16H,6-11H2,(H,22,23)(H,24,29)(H,26,27). The molecule has 2 fully saturated rings. The molecule has 0 bridgehead atoms. The number of carboxylic acid groups (broad SMARTS) is 1. The number of amides is 1. The molecule has 0 spiro atoms. The van der Waals surface area contributed by atoms with Gasteiger partial charge in [0.05, 0.1) is 12.9 Å². The summed E-state index contributed by atoms with van der Waals surface area (Å²) in [5.74, 6) is -0.878. The summed E-state index contributed by atoms with van der Waals surface area (Å²) < 4.78 is 0. The van der Waals surface area contributed by atoms with Crippen molar-refractivity contribution in [2.45, 2.75) is 37.8 Å². The molecule has 0 radical (unpaired) electrons. The van der Waals surface area contributed by atoms with Gasteiger partial charge in [-0.3, -0.25) is 19.3 Å². The van der Waals surface area contributed by atoms with Crippen LogP contribution in [-0.4, -0.2) is 62.8 Å². The quantitative estimate of drug-likeness (QED) is 0.556. The second kappa shape index (κ2) is 8.16. The average molecular weight is 396 g/mol. The molecule has 4 rings (SSSR count). The summed E-state index contributed by atoms with van der Waals surface area (Å²) in [6.45, 7) is 0.853. The third-order valence-corrected chi connectivity index (χ3v) is 5.61. The van der Waals surface area contributed by atoms with Gasteiger partial charge in [0, 0.05) is 24.2 Å². The number of aliphatic carboxylic acids is 1. The number of ketones is 1. The number of H-pyrrole nitrogens is 1. The van der Waals surface area contributed by atoms with Crippen LogP contribution in [0.25, 0.3) is 0 Å². The van der Waals surface area contributed by atoms with Gasteiger partial charge in [-0.2, -0.15) is 0 Å². The van der Waals surface area contributed by atoms with Crippen molar-refractivity contribution in [2.24, 2.45) is 5.92 Å². The predicted molar refractivity (Wildman–Crippen MR) is 105 cm³/mol. The first-order valence-corrected chi connectivity index (χ1v) is 9.91. The van der Waals surface area contributed by atoms with E-state index in [1.807, 2.05) is 11.0 Å². The molecule has 1 aromatic heterocycles. The van der Waals surface area contributed by atoms with Crippen molar-refractivity contribution in [3.05, 3.63) is 53.6 Å². The van der Waals surface area contributed by atoms with Crippen molar-refractivity contribution in [1.29, 1.82) is 0 Å². The Morgan fingerprint density at radius 3 is 2.55 bits per heavy atom. The van der Waals surface area contributed by atoms with Gasteiger partial charge in [-0.25, -0.2) is 4.98 Å². The van der Waals surface area contributed by atoms with Crippen LogP contribution in [0.15, 0.2) is 36.7 Å². The fourth-order valence-electron chi connectivity index (χ4n) is 3.78. The molecule has 1 amide bonds. The summed E-state index contributed by atoms with van der Waals surface area (Å²) in [6, 6.07) is 8.85. The van der Waals surface area contributed by atoms with Crippen LogP contribution in [0.3, 0.4) is 0 Å². The lowest BCUT2D eigenvalue weighted by molar-refractivity contribution is -0.139. The number of nitrogens with one attached hydrogen (secondary N) is 2. The summed E-state index contributed by atoms with van der Waals surface area (Å²) in [4.78, 5) is 45.3. The van der Waals surface area contributed by atoms with E-state index in [2.05, 4.69) is 15.3 Å². The Balaban J connectivity index is 1.35. The summed E-state index contributed by atoms with van der Waals surface area (Å²) in [6.07, 6.45) is 5.10. The number of hydrogen-bond acceptors (Lipinski definition) is 5. The average Bonchev–Trinajstić information content (AvgIpc) is 3.35. The molecule has 8 nitrogen and oxygen atoms in total. The summed E-state index contributed by atoms with van der Waals surface area (Å²) in [7, 11) is 0. The molecule has 2 saturated carbocycles. The maximum absolute atomic E-state index is 12.7. The molecular weight excluding hydrogens is 372 g/mol. The van der Waals surface area contributed by atoms with Crippen LogP contribution in [0.2, 0.25) is 0 Å². The maximum atomic E-state index is 12.7. The van der Waals surface area contributed by atoms with E-state index in [4.69, 9.17) is 5.11 Å². The summed E-state index contributed by atoms with van der Waals surface area (Å²) in [5.41, 5.74) is 0.732. The molecule has 0 unspecified atom stereocenters. The lowest BCUT2D eigenvalue weighted by atomic mass is 9.85. The highest BCUT2D eigenvalue weighted by Crippen LogP contribution is 2.33. The SMILES string of the molecule is O=C(O)CN(CC1CC1)C1CC(NC(=O)c2[nH]cnc2C(=O)c2ccccc2)C1. The van der Waals surface area contributed by atoms with Crippen molar-refractivity contribution in [1.82, 2.24) is 20.2 Å². The first-order valence-electron chi connectivity index (χ1n) is 9.91. The van der Waals surface area contributed by atoms with Gasteiger partial charge in [-0.05, 0) is 31.6 Å². The number of aromatic amines is 1. The van der Waals surface area contributed by atoms with Gasteiger partial charge in [0.25, 0.3) is 5.91 Å². The monoisotopic (exact) mass is 396 g/mol.